The van der Waals surface area contributed by atoms with Crippen molar-refractivity contribution in [3.63, 3.8) is 0 Å². The van der Waals surface area contributed by atoms with Gasteiger partial charge in [0.05, 0.1) is 6.10 Å². The number of hydrogen-bond donors (Lipinski definition) is 1. The maximum Gasteiger partial charge on any atom is 0.127 e. The lowest BCUT2D eigenvalue weighted by molar-refractivity contribution is 0.0656. The van der Waals surface area contributed by atoms with Gasteiger partial charge < -0.3 is 9.84 Å². The molecule has 0 saturated heterocycles. The van der Waals surface area contributed by atoms with E-state index in [-0.39, 0.29) is 6.10 Å². The van der Waals surface area contributed by atoms with Gasteiger partial charge >= 0.3 is 0 Å². The molecule has 1 unspecified atom stereocenters. The minimum absolute atomic E-state index is 0.142. The van der Waals surface area contributed by atoms with E-state index in [1.54, 1.807) is 0 Å². The average Bonchev–Trinajstić information content (AvgIpc) is 2.41. The van der Waals surface area contributed by atoms with E-state index in [9.17, 15) is 5.11 Å². The highest BCUT2D eigenvalue weighted by molar-refractivity contribution is 9.13. The summed E-state index contributed by atoms with van der Waals surface area (Å²) in [5.74, 6) is 0.738. The van der Waals surface area contributed by atoms with Crippen LogP contribution in [0.25, 0.3) is 0 Å². The third-order valence-electron chi connectivity index (χ3n) is 3.36. The maximum atomic E-state index is 10.3. The van der Waals surface area contributed by atoms with Crippen molar-refractivity contribution in [2.45, 2.75) is 18.6 Å². The Bertz CT molecular complexity index is 658. The van der Waals surface area contributed by atoms with Crippen molar-refractivity contribution >= 4 is 47.8 Å². The van der Waals surface area contributed by atoms with Gasteiger partial charge in [-0.25, -0.2) is 0 Å². The average molecular weight is 463 g/mol. The molecular weight excluding hydrogens is 452 g/mol. The minimum atomic E-state index is -0.501. The first-order valence-corrected chi connectivity index (χ1v) is 8.51. The first-order valence-electron chi connectivity index (χ1n) is 6.13. The van der Waals surface area contributed by atoms with E-state index in [0.717, 1.165) is 30.3 Å². The maximum absolute atomic E-state index is 10.3. The van der Waals surface area contributed by atoms with Crippen LogP contribution in [-0.2, 0) is 0 Å². The van der Waals surface area contributed by atoms with Crippen LogP contribution >= 0.6 is 47.8 Å². The molecule has 3 rings (SSSR count). The summed E-state index contributed by atoms with van der Waals surface area (Å²) in [6, 6.07) is 11.7. The van der Waals surface area contributed by atoms with E-state index in [1.165, 1.54) is 0 Å². The van der Waals surface area contributed by atoms with Crippen LogP contribution in [0.4, 0.5) is 0 Å². The van der Waals surface area contributed by atoms with Crippen LogP contribution in [0, 0.1) is 0 Å². The van der Waals surface area contributed by atoms with Crippen molar-refractivity contribution in [1.29, 1.82) is 0 Å². The molecule has 0 aliphatic carbocycles. The molecule has 5 heteroatoms. The molecule has 2 nitrogen and oxygen atoms in total. The highest BCUT2D eigenvalue weighted by atomic mass is 79.9. The highest BCUT2D eigenvalue weighted by Gasteiger charge is 2.28. The van der Waals surface area contributed by atoms with Gasteiger partial charge in [0.25, 0.3) is 0 Å². The van der Waals surface area contributed by atoms with Gasteiger partial charge in [-0.2, -0.15) is 0 Å². The summed E-state index contributed by atoms with van der Waals surface area (Å²) >= 11 is 10.4. The van der Waals surface area contributed by atoms with Crippen LogP contribution in [0.1, 0.15) is 29.8 Å². The Kier molecular flexibility index (Phi) is 4.22. The van der Waals surface area contributed by atoms with Crippen molar-refractivity contribution in [3.05, 3.63) is 60.9 Å². The van der Waals surface area contributed by atoms with Crippen molar-refractivity contribution in [2.24, 2.45) is 0 Å². The fourth-order valence-electron chi connectivity index (χ4n) is 2.33. The molecule has 2 aromatic rings. The monoisotopic (exact) mass is 460 g/mol. The summed E-state index contributed by atoms with van der Waals surface area (Å²) in [7, 11) is 0. The first-order chi connectivity index (χ1) is 9.54. The molecule has 0 bridgehead atoms. The number of hydrogen-bond acceptors (Lipinski definition) is 2. The predicted octanol–water partition coefficient (Wildman–Crippen LogP) is 5.53. The van der Waals surface area contributed by atoms with E-state index in [1.807, 2.05) is 36.4 Å². The van der Waals surface area contributed by atoms with Crippen molar-refractivity contribution < 1.29 is 9.84 Å². The number of rotatable bonds is 1. The number of fused-ring (bicyclic) bond motifs is 1. The fourth-order valence-corrected chi connectivity index (χ4v) is 3.32. The molecule has 0 aromatic heterocycles. The molecular formula is C15H11Br3O2. The van der Waals surface area contributed by atoms with Crippen LogP contribution in [0.2, 0.25) is 0 Å². The molecule has 1 N–H and O–H groups in total. The summed E-state index contributed by atoms with van der Waals surface area (Å²) in [4.78, 5) is 0. The minimum Gasteiger partial charge on any atom is -0.485 e. The van der Waals surface area contributed by atoms with Gasteiger partial charge in [0.2, 0.25) is 0 Å². The van der Waals surface area contributed by atoms with Gasteiger partial charge in [-0.1, -0.05) is 28.1 Å². The van der Waals surface area contributed by atoms with E-state index in [4.69, 9.17) is 4.74 Å². The lowest BCUT2D eigenvalue weighted by Crippen LogP contribution is -2.19. The van der Waals surface area contributed by atoms with Gasteiger partial charge in [-0.15, -0.1) is 0 Å². The summed E-state index contributed by atoms with van der Waals surface area (Å²) in [6.45, 7) is 0. The molecule has 0 spiro atoms. The van der Waals surface area contributed by atoms with E-state index in [2.05, 4.69) is 47.8 Å². The van der Waals surface area contributed by atoms with Crippen LogP contribution in [0.15, 0.2) is 49.8 Å². The Morgan fingerprint density at radius 1 is 1.00 bits per heavy atom. The number of halogens is 3. The number of benzene rings is 2. The topological polar surface area (TPSA) is 29.5 Å². The zero-order valence-electron chi connectivity index (χ0n) is 10.3. The Hall–Kier alpha value is -0.360. The van der Waals surface area contributed by atoms with Crippen LogP contribution < -0.4 is 4.74 Å². The molecule has 2 atom stereocenters. The lowest BCUT2D eigenvalue weighted by Gasteiger charge is -2.30. The number of aliphatic hydroxyl groups excluding tert-OH is 1. The molecule has 1 aliphatic rings. The number of ether oxygens (including phenoxy) is 1. The normalized spacial score (nSPS) is 21.2. The van der Waals surface area contributed by atoms with Gasteiger partial charge in [0.15, 0.2) is 0 Å². The molecule has 0 amide bonds. The van der Waals surface area contributed by atoms with Crippen LogP contribution in [-0.4, -0.2) is 5.11 Å². The second-order valence-corrected chi connectivity index (χ2v) is 7.34. The predicted molar refractivity (Wildman–Crippen MR) is 88.9 cm³/mol. The molecule has 0 saturated carbocycles. The summed E-state index contributed by atoms with van der Waals surface area (Å²) in [5.41, 5.74) is 1.89. The molecule has 20 heavy (non-hydrogen) atoms. The smallest absolute Gasteiger partial charge is 0.127 e. The standard InChI is InChI=1S/C15H11Br3O2/c16-9-2-3-10-13(19)7-14(20-15(10)6-9)8-1-4-11(17)12(18)5-8/h1-6,13-14,19H,7H2/t13-,14?/m0/s1. The molecule has 1 heterocycles. The third kappa shape index (κ3) is 2.82. The third-order valence-corrected chi connectivity index (χ3v) is 5.73. The molecule has 0 radical (unpaired) electrons. The Morgan fingerprint density at radius 2 is 1.80 bits per heavy atom. The summed E-state index contributed by atoms with van der Waals surface area (Å²) in [6.07, 6.45) is -0.0848. The zero-order chi connectivity index (χ0) is 14.3. The van der Waals surface area contributed by atoms with Gasteiger partial charge in [0.1, 0.15) is 11.9 Å². The summed E-state index contributed by atoms with van der Waals surface area (Å²) < 4.78 is 8.96. The lowest BCUT2D eigenvalue weighted by atomic mass is 9.95. The highest BCUT2D eigenvalue weighted by Crippen LogP contribution is 2.42. The van der Waals surface area contributed by atoms with Gasteiger partial charge in [-0.05, 0) is 61.7 Å². The Balaban J connectivity index is 1.96. The Labute approximate surface area is 142 Å². The largest absolute Gasteiger partial charge is 0.485 e. The van der Waals surface area contributed by atoms with E-state index >= 15 is 0 Å². The van der Waals surface area contributed by atoms with E-state index < -0.39 is 6.10 Å². The molecule has 1 aliphatic heterocycles. The van der Waals surface area contributed by atoms with E-state index in [0.29, 0.717) is 6.42 Å². The van der Waals surface area contributed by atoms with Crippen LogP contribution in [0.3, 0.4) is 0 Å². The second kappa shape index (κ2) is 5.79. The fraction of sp³-hybridized carbons (Fsp3) is 0.200. The summed E-state index contributed by atoms with van der Waals surface area (Å²) in [5, 5.41) is 10.3. The molecule has 0 fully saturated rings. The molecule has 104 valence electrons. The first kappa shape index (κ1) is 14.6. The van der Waals surface area contributed by atoms with Gasteiger partial charge in [-0.3, -0.25) is 0 Å². The zero-order valence-corrected chi connectivity index (χ0v) is 15.1. The molecule has 2 aromatic carbocycles. The number of aliphatic hydroxyl groups is 1. The second-order valence-electron chi connectivity index (χ2n) is 4.71. The van der Waals surface area contributed by atoms with Crippen LogP contribution in [0.5, 0.6) is 5.75 Å². The Morgan fingerprint density at radius 3 is 2.55 bits per heavy atom. The quantitative estimate of drug-likeness (QED) is 0.603. The van der Waals surface area contributed by atoms with Crippen molar-refractivity contribution in [1.82, 2.24) is 0 Å². The van der Waals surface area contributed by atoms with Gasteiger partial charge in [0, 0.05) is 25.4 Å². The SMILES string of the molecule is O[C@H]1CC(c2ccc(Br)c(Br)c2)Oc2cc(Br)ccc21. The van der Waals surface area contributed by atoms with Crippen molar-refractivity contribution in [3.8, 4) is 5.75 Å². The van der Waals surface area contributed by atoms with Crippen molar-refractivity contribution in [2.75, 3.05) is 0 Å².